The van der Waals surface area contributed by atoms with E-state index in [9.17, 15) is 45.6 Å². The molecule has 0 aromatic carbocycles. The predicted octanol–water partition coefficient (Wildman–Crippen LogP) is 14.0. The predicted molar refractivity (Wildman–Crippen MR) is 350 cm³/mol. The lowest BCUT2D eigenvalue weighted by molar-refractivity contribution is -0.359. The second-order valence-corrected chi connectivity index (χ2v) is 24.3. The molecule has 0 aliphatic carbocycles. The molecule has 2 saturated heterocycles. The van der Waals surface area contributed by atoms with Gasteiger partial charge in [-0.2, -0.15) is 0 Å². The monoisotopic (exact) mass is 1210 g/mol. The molecule has 1 amide bonds. The van der Waals surface area contributed by atoms with Crippen LogP contribution >= 0.6 is 0 Å². The van der Waals surface area contributed by atoms with E-state index in [2.05, 4.69) is 104 Å². The van der Waals surface area contributed by atoms with E-state index >= 15 is 0 Å². The second-order valence-electron chi connectivity index (χ2n) is 24.3. The summed E-state index contributed by atoms with van der Waals surface area (Å²) in [4.78, 5) is 13.3. The van der Waals surface area contributed by atoms with Gasteiger partial charge in [-0.1, -0.05) is 279 Å². The highest BCUT2D eigenvalue weighted by molar-refractivity contribution is 5.76. The number of aliphatic hydroxyl groups excluding tert-OH is 8. The molecule has 0 aromatic rings. The van der Waals surface area contributed by atoms with Crippen LogP contribution in [0.1, 0.15) is 271 Å². The second kappa shape index (κ2) is 56.2. The molecular formula is C72H127NO13. The Balaban J connectivity index is 1.57. The largest absolute Gasteiger partial charge is 0.394 e. The van der Waals surface area contributed by atoms with Crippen molar-refractivity contribution < 1.29 is 64.6 Å². The summed E-state index contributed by atoms with van der Waals surface area (Å²) in [6.07, 6.45) is 60.4. The number of aliphatic hydroxyl groups is 8. The molecule has 12 atom stereocenters. The standard InChI is InChI=1S/C72H127NO13/c1-3-5-7-9-11-13-15-17-18-19-20-21-22-23-24-25-26-27-28-29-30-31-32-33-34-35-36-37-38-39-40-41-42-44-46-48-50-52-54-56-64(77)73-60(61(76)55-53-51-49-47-45-43-16-14-12-10-8-6-4-2)59-83-71-69(82)67(80)70(63(58-75)85-71)86-72-68(81)66(79)65(78)62(57-74)84-72/h5,7,11,13,17-18,20-21,23-24,26-27,29-30,60-63,65-72,74-76,78-82H,3-4,6,8-10,12,14-16,19,22,25,28,31-59H2,1-2H3,(H,73,77)/b7-5-,13-11-,18-17-,21-20-,24-23-,27-26-,30-29-. The third-order valence-corrected chi connectivity index (χ3v) is 16.6. The number of carbonyl (C=O) groups excluding carboxylic acids is 1. The Kier molecular flexibility index (Phi) is 51.8. The molecule has 2 aliphatic heterocycles. The molecule has 12 unspecified atom stereocenters. The molecule has 2 fully saturated rings. The number of unbranched alkanes of at least 4 members (excludes halogenated alkanes) is 29. The minimum absolute atomic E-state index is 0.207. The van der Waals surface area contributed by atoms with Crippen molar-refractivity contribution >= 4 is 5.91 Å². The minimum atomic E-state index is -1.78. The Labute approximate surface area is 522 Å². The van der Waals surface area contributed by atoms with Gasteiger partial charge in [0.1, 0.15) is 48.8 Å². The Morgan fingerprint density at radius 1 is 0.430 bits per heavy atom. The summed E-state index contributed by atoms with van der Waals surface area (Å²) < 4.78 is 22.9. The highest BCUT2D eigenvalue weighted by Crippen LogP contribution is 2.30. The molecule has 0 aromatic heterocycles. The lowest BCUT2D eigenvalue weighted by Gasteiger charge is -2.46. The average Bonchev–Trinajstić information content (AvgIpc) is 2.76. The van der Waals surface area contributed by atoms with Gasteiger partial charge in [-0.3, -0.25) is 4.79 Å². The number of hydrogen-bond donors (Lipinski definition) is 9. The van der Waals surface area contributed by atoms with Crippen LogP contribution in [0.25, 0.3) is 0 Å². The first kappa shape index (κ1) is 79.3. The van der Waals surface area contributed by atoms with Crippen molar-refractivity contribution in [3.05, 3.63) is 85.1 Å². The van der Waals surface area contributed by atoms with E-state index in [0.29, 0.717) is 12.8 Å². The normalized spacial score (nSPS) is 23.9. The van der Waals surface area contributed by atoms with Crippen LogP contribution in [0.5, 0.6) is 0 Å². The first-order valence-electron chi connectivity index (χ1n) is 34.8. The summed E-state index contributed by atoms with van der Waals surface area (Å²) in [5.74, 6) is -0.207. The number of allylic oxidation sites excluding steroid dienone is 14. The van der Waals surface area contributed by atoms with Crippen LogP contribution in [-0.4, -0.2) is 140 Å². The topological polar surface area (TPSA) is 228 Å². The summed E-state index contributed by atoms with van der Waals surface area (Å²) in [7, 11) is 0. The van der Waals surface area contributed by atoms with Gasteiger partial charge in [0, 0.05) is 6.42 Å². The van der Waals surface area contributed by atoms with Gasteiger partial charge in [0.2, 0.25) is 5.91 Å². The molecule has 2 heterocycles. The molecule has 9 N–H and O–H groups in total. The van der Waals surface area contributed by atoms with Crippen LogP contribution in [0.3, 0.4) is 0 Å². The number of hydrogen-bond acceptors (Lipinski definition) is 13. The molecule has 0 spiro atoms. The average molecular weight is 1210 g/mol. The number of carbonyl (C=O) groups is 1. The summed E-state index contributed by atoms with van der Waals surface area (Å²) in [5.41, 5.74) is 0. The Morgan fingerprint density at radius 2 is 0.802 bits per heavy atom. The number of nitrogens with one attached hydrogen (secondary N) is 1. The number of amides is 1. The van der Waals surface area contributed by atoms with Crippen molar-refractivity contribution in [2.75, 3.05) is 19.8 Å². The van der Waals surface area contributed by atoms with E-state index < -0.39 is 86.8 Å². The molecule has 498 valence electrons. The van der Waals surface area contributed by atoms with Crippen molar-refractivity contribution in [2.24, 2.45) is 0 Å². The molecular weight excluding hydrogens is 1090 g/mol. The Morgan fingerprint density at radius 3 is 1.23 bits per heavy atom. The number of ether oxygens (including phenoxy) is 4. The van der Waals surface area contributed by atoms with Crippen molar-refractivity contribution in [1.29, 1.82) is 0 Å². The fourth-order valence-corrected chi connectivity index (χ4v) is 11.1. The Bertz CT molecular complexity index is 1770. The highest BCUT2D eigenvalue weighted by atomic mass is 16.7. The molecule has 86 heavy (non-hydrogen) atoms. The summed E-state index contributed by atoms with van der Waals surface area (Å²) >= 11 is 0. The molecule has 0 radical (unpaired) electrons. The van der Waals surface area contributed by atoms with Crippen molar-refractivity contribution in [1.82, 2.24) is 5.32 Å². The quantitative estimate of drug-likeness (QED) is 0.0204. The van der Waals surface area contributed by atoms with Crippen LogP contribution in [0.2, 0.25) is 0 Å². The Hall–Kier alpha value is -2.83. The van der Waals surface area contributed by atoms with Crippen LogP contribution < -0.4 is 5.32 Å². The van der Waals surface area contributed by atoms with E-state index in [1.807, 2.05) is 0 Å². The van der Waals surface area contributed by atoms with Crippen molar-refractivity contribution in [2.45, 2.75) is 344 Å². The van der Waals surface area contributed by atoms with Gasteiger partial charge in [0.15, 0.2) is 12.6 Å². The molecule has 2 rings (SSSR count). The van der Waals surface area contributed by atoms with Crippen molar-refractivity contribution in [3.63, 3.8) is 0 Å². The van der Waals surface area contributed by atoms with Crippen molar-refractivity contribution in [3.8, 4) is 0 Å². The fraction of sp³-hybridized carbons (Fsp3) is 0.792. The number of rotatable bonds is 56. The van der Waals surface area contributed by atoms with Gasteiger partial charge in [-0.15, -0.1) is 0 Å². The zero-order valence-electron chi connectivity index (χ0n) is 54.0. The van der Waals surface area contributed by atoms with E-state index in [-0.39, 0.29) is 12.5 Å². The maximum atomic E-state index is 13.3. The maximum absolute atomic E-state index is 13.3. The molecule has 14 heteroatoms. The van der Waals surface area contributed by atoms with E-state index in [1.165, 1.54) is 148 Å². The summed E-state index contributed by atoms with van der Waals surface area (Å²) in [6, 6.07) is -0.830. The first-order valence-corrected chi connectivity index (χ1v) is 34.8. The van der Waals surface area contributed by atoms with Crippen LogP contribution in [-0.2, 0) is 23.7 Å². The minimum Gasteiger partial charge on any atom is -0.394 e. The van der Waals surface area contributed by atoms with Gasteiger partial charge < -0.3 is 65.1 Å². The zero-order valence-corrected chi connectivity index (χ0v) is 54.0. The summed E-state index contributed by atoms with van der Waals surface area (Å²) in [5, 5.41) is 87.4. The zero-order chi connectivity index (χ0) is 62.3. The molecule has 14 nitrogen and oxygen atoms in total. The van der Waals surface area contributed by atoms with Crippen LogP contribution in [0.15, 0.2) is 85.1 Å². The molecule has 0 bridgehead atoms. The molecule has 2 aliphatic rings. The smallest absolute Gasteiger partial charge is 0.220 e. The third kappa shape index (κ3) is 40.0. The van der Waals surface area contributed by atoms with E-state index in [4.69, 9.17) is 18.9 Å². The van der Waals surface area contributed by atoms with Gasteiger partial charge in [-0.25, -0.2) is 0 Å². The fourth-order valence-electron chi connectivity index (χ4n) is 11.1. The van der Waals surface area contributed by atoms with Crippen LogP contribution in [0, 0.1) is 0 Å². The first-order chi connectivity index (χ1) is 42.1. The molecule has 0 saturated carbocycles. The van der Waals surface area contributed by atoms with E-state index in [0.717, 1.165) is 96.3 Å². The maximum Gasteiger partial charge on any atom is 0.220 e. The third-order valence-electron chi connectivity index (χ3n) is 16.6. The van der Waals surface area contributed by atoms with Gasteiger partial charge in [0.25, 0.3) is 0 Å². The van der Waals surface area contributed by atoms with E-state index in [1.54, 1.807) is 0 Å². The van der Waals surface area contributed by atoms with Gasteiger partial charge in [0.05, 0.1) is 32.0 Å². The lowest BCUT2D eigenvalue weighted by Crippen LogP contribution is -2.65. The lowest BCUT2D eigenvalue weighted by atomic mass is 9.97. The summed E-state index contributed by atoms with van der Waals surface area (Å²) in [6.45, 7) is 2.75. The highest BCUT2D eigenvalue weighted by Gasteiger charge is 2.51. The SMILES string of the molecule is CC/C=C\C/C=C\C/C=C\C/C=C\C/C=C\C/C=C\C/C=C\CCCCCCCCCCCCCCCCCCCC(=O)NC(COC1OC(CO)C(OC2OC(CO)C(O)C(O)C2O)C(O)C1O)C(O)CCCCCCCCCCCCCCC. The van der Waals surface area contributed by atoms with Crippen LogP contribution in [0.4, 0.5) is 0 Å². The van der Waals surface area contributed by atoms with Gasteiger partial charge >= 0.3 is 0 Å². The van der Waals surface area contributed by atoms with Gasteiger partial charge in [-0.05, 0) is 70.6 Å².